The number of hydrogen-bond donors (Lipinski definition) is 0. The zero-order valence-corrected chi connectivity index (χ0v) is 9.05. The SMILES string of the molecule is N#CC=Cc1ccc2oc3ccccc3c2c1. The van der Waals surface area contributed by atoms with Gasteiger partial charge in [-0.15, -0.1) is 0 Å². The van der Waals surface area contributed by atoms with Gasteiger partial charge in [0.2, 0.25) is 0 Å². The Labute approximate surface area is 98.4 Å². The maximum Gasteiger partial charge on any atom is 0.135 e. The molecule has 0 unspecified atom stereocenters. The van der Waals surface area contributed by atoms with Crippen molar-refractivity contribution in [1.82, 2.24) is 0 Å². The number of rotatable bonds is 1. The van der Waals surface area contributed by atoms with E-state index in [1.807, 2.05) is 48.5 Å². The lowest BCUT2D eigenvalue weighted by Gasteiger charge is -1.92. The van der Waals surface area contributed by atoms with Gasteiger partial charge in [0.05, 0.1) is 6.07 Å². The summed E-state index contributed by atoms with van der Waals surface area (Å²) in [4.78, 5) is 0. The van der Waals surface area contributed by atoms with Gasteiger partial charge in [0, 0.05) is 16.8 Å². The lowest BCUT2D eigenvalue weighted by molar-refractivity contribution is 0.669. The monoisotopic (exact) mass is 219 g/mol. The van der Waals surface area contributed by atoms with E-state index in [0.717, 1.165) is 27.5 Å². The Hall–Kier alpha value is -2.53. The van der Waals surface area contributed by atoms with Gasteiger partial charge in [-0.05, 0) is 29.8 Å². The van der Waals surface area contributed by atoms with Crippen molar-refractivity contribution in [3.8, 4) is 6.07 Å². The average Bonchev–Trinajstić information content (AvgIpc) is 2.74. The van der Waals surface area contributed by atoms with Crippen molar-refractivity contribution in [2.45, 2.75) is 0 Å². The first-order valence-electron chi connectivity index (χ1n) is 5.36. The molecule has 0 bridgehead atoms. The molecule has 1 aromatic heterocycles. The first-order valence-corrected chi connectivity index (χ1v) is 5.36. The van der Waals surface area contributed by atoms with Crippen LogP contribution in [0, 0.1) is 11.3 Å². The summed E-state index contributed by atoms with van der Waals surface area (Å²) < 4.78 is 5.72. The minimum Gasteiger partial charge on any atom is -0.456 e. The third kappa shape index (κ3) is 1.58. The van der Waals surface area contributed by atoms with E-state index in [1.165, 1.54) is 6.08 Å². The highest BCUT2D eigenvalue weighted by Crippen LogP contribution is 2.29. The molecular formula is C15H9NO. The van der Waals surface area contributed by atoms with Gasteiger partial charge in [-0.2, -0.15) is 5.26 Å². The first kappa shape index (κ1) is 9.68. The summed E-state index contributed by atoms with van der Waals surface area (Å²) in [5.74, 6) is 0. The molecule has 0 fully saturated rings. The van der Waals surface area contributed by atoms with Gasteiger partial charge in [-0.25, -0.2) is 0 Å². The Bertz CT molecular complexity index is 759. The van der Waals surface area contributed by atoms with E-state index >= 15 is 0 Å². The minimum absolute atomic E-state index is 0.875. The second kappa shape index (κ2) is 3.80. The molecule has 2 aromatic carbocycles. The van der Waals surface area contributed by atoms with Crippen LogP contribution < -0.4 is 0 Å². The molecule has 3 rings (SSSR count). The predicted molar refractivity (Wildman–Crippen MR) is 68.4 cm³/mol. The van der Waals surface area contributed by atoms with Crippen LogP contribution in [-0.2, 0) is 0 Å². The lowest BCUT2D eigenvalue weighted by atomic mass is 10.1. The second-order valence-electron chi connectivity index (χ2n) is 3.82. The molecule has 80 valence electrons. The molecule has 0 aliphatic carbocycles. The van der Waals surface area contributed by atoms with Crippen molar-refractivity contribution in [2.24, 2.45) is 0 Å². The summed E-state index contributed by atoms with van der Waals surface area (Å²) in [7, 11) is 0. The molecule has 2 heteroatoms. The summed E-state index contributed by atoms with van der Waals surface area (Å²) in [5, 5.41) is 10.7. The van der Waals surface area contributed by atoms with Crippen molar-refractivity contribution in [3.63, 3.8) is 0 Å². The Morgan fingerprint density at radius 3 is 2.71 bits per heavy atom. The number of fused-ring (bicyclic) bond motifs is 3. The van der Waals surface area contributed by atoms with Crippen LogP contribution in [0.2, 0.25) is 0 Å². The van der Waals surface area contributed by atoms with Crippen molar-refractivity contribution in [1.29, 1.82) is 5.26 Å². The number of hydrogen-bond acceptors (Lipinski definition) is 2. The number of nitriles is 1. The third-order valence-electron chi connectivity index (χ3n) is 2.75. The smallest absolute Gasteiger partial charge is 0.135 e. The van der Waals surface area contributed by atoms with Crippen LogP contribution in [0.15, 0.2) is 53.0 Å². The summed E-state index contributed by atoms with van der Waals surface area (Å²) in [6.07, 6.45) is 3.27. The maximum atomic E-state index is 8.52. The lowest BCUT2D eigenvalue weighted by Crippen LogP contribution is -1.71. The fourth-order valence-corrected chi connectivity index (χ4v) is 1.98. The van der Waals surface area contributed by atoms with E-state index in [-0.39, 0.29) is 0 Å². The quantitative estimate of drug-likeness (QED) is 0.577. The molecule has 0 aliphatic rings. The van der Waals surface area contributed by atoms with Gasteiger partial charge >= 0.3 is 0 Å². The standard InChI is InChI=1S/C15H9NO/c16-9-3-4-11-7-8-15-13(10-11)12-5-1-2-6-14(12)17-15/h1-8,10H. The number of benzene rings is 2. The van der Waals surface area contributed by atoms with Crippen molar-refractivity contribution < 1.29 is 4.42 Å². The van der Waals surface area contributed by atoms with Crippen molar-refractivity contribution in [3.05, 3.63) is 54.1 Å². The van der Waals surface area contributed by atoms with Crippen molar-refractivity contribution in [2.75, 3.05) is 0 Å². The molecule has 2 nitrogen and oxygen atoms in total. The van der Waals surface area contributed by atoms with Crippen LogP contribution in [0.5, 0.6) is 0 Å². The topological polar surface area (TPSA) is 36.9 Å². The highest BCUT2D eigenvalue weighted by atomic mass is 16.3. The Kier molecular flexibility index (Phi) is 2.16. The molecule has 3 aromatic rings. The van der Waals surface area contributed by atoms with E-state index < -0.39 is 0 Å². The number of allylic oxidation sites excluding steroid dienone is 1. The third-order valence-corrected chi connectivity index (χ3v) is 2.75. The molecule has 17 heavy (non-hydrogen) atoms. The van der Waals surface area contributed by atoms with E-state index in [2.05, 4.69) is 0 Å². The second-order valence-corrected chi connectivity index (χ2v) is 3.82. The van der Waals surface area contributed by atoms with Gasteiger partial charge in [0.25, 0.3) is 0 Å². The van der Waals surface area contributed by atoms with Gasteiger partial charge < -0.3 is 4.42 Å². The molecule has 0 saturated heterocycles. The zero-order chi connectivity index (χ0) is 11.7. The van der Waals surface area contributed by atoms with Crippen LogP contribution in [-0.4, -0.2) is 0 Å². The molecule has 0 saturated carbocycles. The summed E-state index contributed by atoms with van der Waals surface area (Å²) in [6.45, 7) is 0. The highest BCUT2D eigenvalue weighted by molar-refractivity contribution is 6.05. The average molecular weight is 219 g/mol. The van der Waals surface area contributed by atoms with E-state index in [0.29, 0.717) is 0 Å². The van der Waals surface area contributed by atoms with Crippen LogP contribution >= 0.6 is 0 Å². The Morgan fingerprint density at radius 2 is 1.82 bits per heavy atom. The van der Waals surface area contributed by atoms with Crippen molar-refractivity contribution >= 4 is 28.0 Å². The fourth-order valence-electron chi connectivity index (χ4n) is 1.98. The fraction of sp³-hybridized carbons (Fsp3) is 0. The molecule has 0 atom stereocenters. The molecule has 0 amide bonds. The van der Waals surface area contributed by atoms with E-state index in [1.54, 1.807) is 6.08 Å². The van der Waals surface area contributed by atoms with Crippen LogP contribution in [0.1, 0.15) is 5.56 Å². The summed E-state index contributed by atoms with van der Waals surface area (Å²) >= 11 is 0. The first-order chi connectivity index (χ1) is 8.38. The molecular weight excluding hydrogens is 210 g/mol. The molecule has 0 spiro atoms. The molecule has 0 N–H and O–H groups in total. The van der Waals surface area contributed by atoms with Gasteiger partial charge in [0.15, 0.2) is 0 Å². The molecule has 0 aliphatic heterocycles. The summed E-state index contributed by atoms with van der Waals surface area (Å²) in [6, 6.07) is 15.9. The van der Waals surface area contributed by atoms with Gasteiger partial charge in [0.1, 0.15) is 11.2 Å². The Morgan fingerprint density at radius 1 is 1.00 bits per heavy atom. The van der Waals surface area contributed by atoms with Crippen LogP contribution in [0.25, 0.3) is 28.0 Å². The van der Waals surface area contributed by atoms with Crippen LogP contribution in [0.3, 0.4) is 0 Å². The maximum absolute atomic E-state index is 8.52. The Balaban J connectivity index is 2.30. The normalized spacial score (nSPS) is 11.2. The van der Waals surface area contributed by atoms with Gasteiger partial charge in [-0.1, -0.05) is 24.3 Å². The number of nitrogens with zero attached hydrogens (tertiary/aromatic N) is 1. The zero-order valence-electron chi connectivity index (χ0n) is 9.05. The minimum atomic E-state index is 0.875. The highest BCUT2D eigenvalue weighted by Gasteiger charge is 2.05. The van der Waals surface area contributed by atoms with Crippen LogP contribution in [0.4, 0.5) is 0 Å². The predicted octanol–water partition coefficient (Wildman–Crippen LogP) is 4.12. The summed E-state index contributed by atoms with van der Waals surface area (Å²) in [5.41, 5.74) is 2.77. The molecule has 1 heterocycles. The molecule has 0 radical (unpaired) electrons. The van der Waals surface area contributed by atoms with Gasteiger partial charge in [-0.3, -0.25) is 0 Å². The van der Waals surface area contributed by atoms with E-state index in [4.69, 9.17) is 9.68 Å². The van der Waals surface area contributed by atoms with E-state index in [9.17, 15) is 0 Å². The number of furan rings is 1. The number of para-hydroxylation sites is 1. The largest absolute Gasteiger partial charge is 0.456 e.